The Hall–Kier alpha value is -1.75. The van der Waals surface area contributed by atoms with E-state index in [1.807, 2.05) is 22.6 Å². The van der Waals surface area contributed by atoms with E-state index in [-0.39, 0.29) is 0 Å². The van der Waals surface area contributed by atoms with Gasteiger partial charge in [-0.05, 0) is 44.9 Å². The summed E-state index contributed by atoms with van der Waals surface area (Å²) >= 11 is 0. The molecule has 0 amide bonds. The third-order valence-electron chi connectivity index (χ3n) is 4.17. The van der Waals surface area contributed by atoms with Gasteiger partial charge in [0.2, 0.25) is 0 Å². The Balaban J connectivity index is 1.83. The van der Waals surface area contributed by atoms with Gasteiger partial charge in [-0.25, -0.2) is 0 Å². The van der Waals surface area contributed by atoms with Crippen molar-refractivity contribution in [3.05, 3.63) is 29.7 Å². The molecule has 1 saturated heterocycles. The highest BCUT2D eigenvalue weighted by Gasteiger charge is 2.25. The minimum atomic E-state index is 0.598. The number of likely N-dealkylation sites (tertiary alicyclic amines) is 1. The Labute approximate surface area is 118 Å². The largest absolute Gasteiger partial charge is 0.301 e. The molecule has 0 N–H and O–H groups in total. The van der Waals surface area contributed by atoms with Crippen LogP contribution in [0.2, 0.25) is 0 Å². The number of fused-ring (bicyclic) bond motifs is 1. The molecule has 5 heteroatoms. The van der Waals surface area contributed by atoms with Crippen molar-refractivity contribution in [2.45, 2.75) is 32.7 Å². The third-order valence-corrected chi connectivity index (χ3v) is 4.17. The molecule has 0 spiro atoms. The van der Waals surface area contributed by atoms with Crippen molar-refractivity contribution < 1.29 is 4.79 Å². The second-order valence-corrected chi connectivity index (χ2v) is 5.83. The van der Waals surface area contributed by atoms with Gasteiger partial charge in [-0.3, -0.25) is 9.20 Å². The molecule has 1 fully saturated rings. The van der Waals surface area contributed by atoms with Crippen molar-refractivity contribution in [3.63, 3.8) is 0 Å². The summed E-state index contributed by atoms with van der Waals surface area (Å²) in [5, 5.41) is 8.44. The third kappa shape index (κ3) is 2.33. The number of rotatable bonds is 4. The molecule has 0 saturated carbocycles. The molecule has 1 unspecified atom stereocenters. The number of carbonyl (C=O) groups is 1. The maximum atomic E-state index is 11.2. The van der Waals surface area contributed by atoms with E-state index in [1.54, 1.807) is 0 Å². The first-order valence-electron chi connectivity index (χ1n) is 7.21. The number of carbonyl (C=O) groups excluding carboxylic acids is 1. The lowest BCUT2D eigenvalue weighted by Gasteiger charge is -2.20. The van der Waals surface area contributed by atoms with Gasteiger partial charge in [0.15, 0.2) is 11.9 Å². The Bertz CT molecular complexity index is 619. The van der Waals surface area contributed by atoms with Crippen LogP contribution in [0.25, 0.3) is 5.65 Å². The number of aromatic nitrogens is 3. The van der Waals surface area contributed by atoms with E-state index in [4.69, 9.17) is 0 Å². The molecule has 106 valence electrons. The number of aldehydes is 1. The van der Waals surface area contributed by atoms with Crippen LogP contribution >= 0.6 is 0 Å². The Morgan fingerprint density at radius 3 is 2.95 bits per heavy atom. The highest BCUT2D eigenvalue weighted by Crippen LogP contribution is 2.22. The quantitative estimate of drug-likeness (QED) is 0.797. The van der Waals surface area contributed by atoms with Gasteiger partial charge in [-0.1, -0.05) is 6.07 Å². The molecule has 3 heterocycles. The smallest absolute Gasteiger partial charge is 0.166 e. The molecule has 2 aromatic rings. The van der Waals surface area contributed by atoms with Gasteiger partial charge in [0.05, 0.1) is 5.69 Å². The molecule has 1 aliphatic rings. The lowest BCUT2D eigenvalue weighted by atomic mass is 10.0. The van der Waals surface area contributed by atoms with Gasteiger partial charge in [0.25, 0.3) is 0 Å². The number of nitrogens with zero attached hydrogens (tertiary/aromatic N) is 4. The van der Waals surface area contributed by atoms with Crippen LogP contribution in [0, 0.1) is 5.92 Å². The van der Waals surface area contributed by atoms with E-state index in [0.29, 0.717) is 17.7 Å². The average Bonchev–Trinajstić information content (AvgIpc) is 3.06. The Morgan fingerprint density at radius 2 is 2.25 bits per heavy atom. The highest BCUT2D eigenvalue weighted by atomic mass is 16.1. The fourth-order valence-electron chi connectivity index (χ4n) is 3.01. The van der Waals surface area contributed by atoms with E-state index < -0.39 is 0 Å². The van der Waals surface area contributed by atoms with Crippen LogP contribution in [0.1, 0.15) is 36.6 Å². The first-order chi connectivity index (χ1) is 9.69. The lowest BCUT2D eigenvalue weighted by Crippen LogP contribution is -2.28. The molecule has 0 aromatic carbocycles. The monoisotopic (exact) mass is 272 g/mol. The van der Waals surface area contributed by atoms with Crippen molar-refractivity contribution in [1.82, 2.24) is 19.5 Å². The van der Waals surface area contributed by atoms with Crippen LogP contribution in [0.5, 0.6) is 0 Å². The predicted octanol–water partition coefficient (Wildman–Crippen LogP) is 1.81. The second kappa shape index (κ2) is 5.32. The number of hydrogen-bond acceptors (Lipinski definition) is 4. The zero-order chi connectivity index (χ0) is 14.1. The van der Waals surface area contributed by atoms with Crippen molar-refractivity contribution >= 4 is 11.9 Å². The standard InChI is InChI=1S/C15H20N4O/c1-11(2)18-7-6-12(9-18)8-15-17-16-14-5-3-4-13(10-20)19(14)15/h3-5,10-12H,6-9H2,1-2H3. The summed E-state index contributed by atoms with van der Waals surface area (Å²) in [6.45, 7) is 6.73. The van der Waals surface area contributed by atoms with Crippen molar-refractivity contribution in [1.29, 1.82) is 0 Å². The van der Waals surface area contributed by atoms with Gasteiger partial charge in [-0.2, -0.15) is 0 Å². The SMILES string of the molecule is CC(C)N1CCC(Cc2nnc3cccc(C=O)n23)C1. The second-order valence-electron chi connectivity index (χ2n) is 5.83. The topological polar surface area (TPSA) is 50.5 Å². The molecule has 2 aromatic heterocycles. The molecule has 5 nitrogen and oxygen atoms in total. The summed E-state index contributed by atoms with van der Waals surface area (Å²) in [7, 11) is 0. The molecule has 3 rings (SSSR count). The molecule has 1 atom stereocenters. The van der Waals surface area contributed by atoms with Gasteiger partial charge < -0.3 is 4.90 Å². The van der Waals surface area contributed by atoms with Crippen molar-refractivity contribution in [2.75, 3.05) is 13.1 Å². The summed E-state index contributed by atoms with van der Waals surface area (Å²) in [6.07, 6.45) is 2.94. The van der Waals surface area contributed by atoms with E-state index in [1.165, 1.54) is 6.42 Å². The molecule has 0 aliphatic carbocycles. The van der Waals surface area contributed by atoms with Crippen molar-refractivity contribution in [2.24, 2.45) is 5.92 Å². The van der Waals surface area contributed by atoms with Crippen LogP contribution in [-0.2, 0) is 6.42 Å². The summed E-state index contributed by atoms with van der Waals surface area (Å²) in [4.78, 5) is 13.7. The minimum absolute atomic E-state index is 0.598. The Morgan fingerprint density at radius 1 is 1.40 bits per heavy atom. The summed E-state index contributed by atoms with van der Waals surface area (Å²) < 4.78 is 1.88. The van der Waals surface area contributed by atoms with E-state index >= 15 is 0 Å². The maximum Gasteiger partial charge on any atom is 0.166 e. The zero-order valence-corrected chi connectivity index (χ0v) is 12.0. The van der Waals surface area contributed by atoms with Crippen LogP contribution in [0.3, 0.4) is 0 Å². The van der Waals surface area contributed by atoms with Crippen molar-refractivity contribution in [3.8, 4) is 0 Å². The number of hydrogen-bond donors (Lipinski definition) is 0. The lowest BCUT2D eigenvalue weighted by molar-refractivity contribution is 0.111. The van der Waals surface area contributed by atoms with Gasteiger partial charge in [0, 0.05) is 19.0 Å². The average molecular weight is 272 g/mol. The van der Waals surface area contributed by atoms with Crippen LogP contribution in [0.15, 0.2) is 18.2 Å². The predicted molar refractivity (Wildman–Crippen MR) is 76.9 cm³/mol. The van der Waals surface area contributed by atoms with Crippen LogP contribution in [0.4, 0.5) is 0 Å². The summed E-state index contributed by atoms with van der Waals surface area (Å²) in [5.74, 6) is 1.50. The van der Waals surface area contributed by atoms with Gasteiger partial charge in [-0.15, -0.1) is 10.2 Å². The van der Waals surface area contributed by atoms with E-state index in [9.17, 15) is 4.79 Å². The minimum Gasteiger partial charge on any atom is -0.301 e. The zero-order valence-electron chi connectivity index (χ0n) is 12.0. The maximum absolute atomic E-state index is 11.2. The molecular weight excluding hydrogens is 252 g/mol. The normalized spacial score (nSPS) is 20.1. The van der Waals surface area contributed by atoms with Gasteiger partial charge in [0.1, 0.15) is 5.82 Å². The molecular formula is C15H20N4O. The van der Waals surface area contributed by atoms with E-state index in [2.05, 4.69) is 28.9 Å². The molecule has 20 heavy (non-hydrogen) atoms. The molecule has 1 aliphatic heterocycles. The van der Waals surface area contributed by atoms with E-state index in [0.717, 1.165) is 37.3 Å². The first-order valence-corrected chi connectivity index (χ1v) is 7.21. The molecule has 0 radical (unpaired) electrons. The number of pyridine rings is 1. The van der Waals surface area contributed by atoms with Gasteiger partial charge >= 0.3 is 0 Å². The highest BCUT2D eigenvalue weighted by molar-refractivity contribution is 5.73. The summed E-state index contributed by atoms with van der Waals surface area (Å²) in [6, 6.07) is 6.13. The molecule has 0 bridgehead atoms. The fraction of sp³-hybridized carbons (Fsp3) is 0.533. The first kappa shape index (κ1) is 13.2. The van der Waals surface area contributed by atoms with Crippen LogP contribution in [-0.4, -0.2) is 44.9 Å². The van der Waals surface area contributed by atoms with Crippen LogP contribution < -0.4 is 0 Å². The Kier molecular flexibility index (Phi) is 3.53. The summed E-state index contributed by atoms with van der Waals surface area (Å²) in [5.41, 5.74) is 1.38. The fourth-order valence-corrected chi connectivity index (χ4v) is 3.01.